The molecule has 1 aliphatic heterocycles. The van der Waals surface area contributed by atoms with E-state index in [0.717, 1.165) is 43.9 Å². The molecule has 8 nitrogen and oxygen atoms in total. The van der Waals surface area contributed by atoms with Crippen LogP contribution in [-0.2, 0) is 22.4 Å². The molecular weight excluding hydrogens is 585 g/mol. The minimum absolute atomic E-state index is 0.0774. The van der Waals surface area contributed by atoms with Gasteiger partial charge in [-0.2, -0.15) is 0 Å². The second kappa shape index (κ2) is 17.2. The Kier molecular flexibility index (Phi) is 13.4. The van der Waals surface area contributed by atoms with Crippen molar-refractivity contribution in [1.29, 1.82) is 0 Å². The Balaban J connectivity index is 1.33. The Morgan fingerprint density at radius 1 is 1.02 bits per heavy atom. The van der Waals surface area contributed by atoms with Crippen LogP contribution < -0.4 is 21.1 Å². The number of nitrogens with two attached hydrogens (primary N) is 1. The number of ether oxygens (including phenoxy) is 1. The number of rotatable bonds is 13. The van der Waals surface area contributed by atoms with Gasteiger partial charge < -0.3 is 26.0 Å². The number of nitrogens with one attached hydrogen (secondary N) is 2. The first-order chi connectivity index (χ1) is 20.9. The Labute approximate surface area is 266 Å². The van der Waals surface area contributed by atoms with Gasteiger partial charge in [0.05, 0.1) is 7.11 Å². The number of benzene rings is 2. The van der Waals surface area contributed by atoms with Crippen molar-refractivity contribution in [2.75, 3.05) is 52.9 Å². The third kappa shape index (κ3) is 9.82. The van der Waals surface area contributed by atoms with E-state index in [9.17, 15) is 9.59 Å². The van der Waals surface area contributed by atoms with E-state index in [1.54, 1.807) is 19.2 Å². The van der Waals surface area contributed by atoms with Crippen molar-refractivity contribution >= 4 is 35.0 Å². The summed E-state index contributed by atoms with van der Waals surface area (Å²) in [5.41, 5.74) is 7.60. The molecular formula is C33H47Cl2N5O3. The number of nitrogens with zero attached hydrogens (tertiary/aromatic N) is 2. The molecule has 2 aliphatic rings. The molecule has 1 heterocycles. The minimum atomic E-state index is -0.706. The van der Waals surface area contributed by atoms with Gasteiger partial charge in [-0.25, -0.2) is 0 Å². The summed E-state index contributed by atoms with van der Waals surface area (Å²) >= 11 is 12.5. The number of para-hydroxylation sites is 1. The van der Waals surface area contributed by atoms with Gasteiger partial charge in [0.2, 0.25) is 11.8 Å². The Morgan fingerprint density at radius 3 is 2.53 bits per heavy atom. The monoisotopic (exact) mass is 631 g/mol. The van der Waals surface area contributed by atoms with Gasteiger partial charge in [0.15, 0.2) is 0 Å². The van der Waals surface area contributed by atoms with Crippen LogP contribution in [0.2, 0.25) is 10.0 Å². The van der Waals surface area contributed by atoms with Crippen LogP contribution in [0.3, 0.4) is 0 Å². The molecule has 2 aromatic rings. The highest BCUT2D eigenvalue weighted by atomic mass is 35.5. The molecule has 10 heteroatoms. The third-order valence-corrected chi connectivity index (χ3v) is 9.41. The van der Waals surface area contributed by atoms with Gasteiger partial charge in [0.1, 0.15) is 11.8 Å². The maximum Gasteiger partial charge on any atom is 0.245 e. The zero-order valence-electron chi connectivity index (χ0n) is 25.3. The fourth-order valence-corrected chi connectivity index (χ4v) is 6.99. The van der Waals surface area contributed by atoms with E-state index < -0.39 is 6.04 Å². The number of hydrogen-bond donors (Lipinski definition) is 3. The summed E-state index contributed by atoms with van der Waals surface area (Å²) < 4.78 is 5.52. The number of carbonyl (C=O) groups excluding carboxylic acids is 2. The van der Waals surface area contributed by atoms with Crippen LogP contribution in [0, 0.1) is 5.92 Å². The number of piperazine rings is 1. The van der Waals surface area contributed by atoms with Crippen molar-refractivity contribution in [2.24, 2.45) is 11.7 Å². The van der Waals surface area contributed by atoms with Crippen molar-refractivity contribution in [3.63, 3.8) is 0 Å². The van der Waals surface area contributed by atoms with E-state index in [-0.39, 0.29) is 24.8 Å². The van der Waals surface area contributed by atoms with E-state index in [0.29, 0.717) is 41.5 Å². The average molecular weight is 633 g/mol. The van der Waals surface area contributed by atoms with Gasteiger partial charge in [-0.3, -0.25) is 14.5 Å². The van der Waals surface area contributed by atoms with Crippen molar-refractivity contribution in [3.8, 4) is 5.75 Å². The predicted octanol–water partition coefficient (Wildman–Crippen LogP) is 4.30. The van der Waals surface area contributed by atoms with Gasteiger partial charge in [-0.15, -0.1) is 0 Å². The number of methoxy groups -OCH3 is 1. The Bertz CT molecular complexity index is 1190. The Morgan fingerprint density at radius 2 is 1.79 bits per heavy atom. The molecule has 2 aromatic carbocycles. The summed E-state index contributed by atoms with van der Waals surface area (Å²) in [6.45, 7) is 5.09. The van der Waals surface area contributed by atoms with Crippen LogP contribution in [0.25, 0.3) is 0 Å². The van der Waals surface area contributed by atoms with Crippen molar-refractivity contribution in [1.82, 2.24) is 20.4 Å². The fraction of sp³-hybridized carbons (Fsp3) is 0.576. The molecule has 1 saturated heterocycles. The molecule has 1 aliphatic carbocycles. The zero-order valence-corrected chi connectivity index (χ0v) is 26.8. The molecule has 0 spiro atoms. The predicted molar refractivity (Wildman–Crippen MR) is 174 cm³/mol. The van der Waals surface area contributed by atoms with Gasteiger partial charge in [-0.05, 0) is 67.6 Å². The molecule has 2 amide bonds. The molecule has 1 saturated carbocycles. The van der Waals surface area contributed by atoms with Crippen LogP contribution in [0.15, 0.2) is 42.5 Å². The average Bonchev–Trinajstić information content (AvgIpc) is 3.26. The fourth-order valence-electron chi connectivity index (χ4n) is 6.50. The Hall–Kier alpha value is -2.36. The number of amides is 2. The lowest BCUT2D eigenvalue weighted by Gasteiger charge is -2.43. The molecule has 0 aromatic heterocycles. The van der Waals surface area contributed by atoms with Gasteiger partial charge in [0, 0.05) is 61.7 Å². The molecule has 0 bridgehead atoms. The molecule has 236 valence electrons. The summed E-state index contributed by atoms with van der Waals surface area (Å²) in [7, 11) is 1.73. The first-order valence-corrected chi connectivity index (χ1v) is 16.4. The topological polar surface area (TPSA) is 99.9 Å². The largest absolute Gasteiger partial charge is 0.496 e. The lowest BCUT2D eigenvalue weighted by Crippen LogP contribution is -2.58. The number of halogens is 2. The lowest BCUT2D eigenvalue weighted by atomic mass is 9.92. The van der Waals surface area contributed by atoms with Crippen LogP contribution in [0.1, 0.15) is 49.7 Å². The molecule has 4 N–H and O–H groups in total. The molecule has 0 radical (unpaired) electrons. The van der Waals surface area contributed by atoms with Crippen LogP contribution in [0.4, 0.5) is 0 Å². The SMILES string of the molecule is COc1ccccc1CCNCC1CCCCCC1N1CCN(C(=O)C(Cc2ccc(Cl)cc2Cl)NC(=O)CCN)CC1. The lowest BCUT2D eigenvalue weighted by molar-refractivity contribution is -0.138. The van der Waals surface area contributed by atoms with Gasteiger partial charge in [0.25, 0.3) is 0 Å². The van der Waals surface area contributed by atoms with Gasteiger partial charge in [-0.1, -0.05) is 66.7 Å². The normalized spacial score (nSPS) is 20.3. The third-order valence-electron chi connectivity index (χ3n) is 8.83. The van der Waals surface area contributed by atoms with Crippen LogP contribution in [-0.4, -0.2) is 86.6 Å². The van der Waals surface area contributed by atoms with E-state index in [4.69, 9.17) is 33.7 Å². The summed E-state index contributed by atoms with van der Waals surface area (Å²) in [4.78, 5) is 30.7. The van der Waals surface area contributed by atoms with E-state index in [1.807, 2.05) is 23.1 Å². The molecule has 3 atom stereocenters. The zero-order chi connectivity index (χ0) is 30.6. The summed E-state index contributed by atoms with van der Waals surface area (Å²) in [6, 6.07) is 13.2. The first-order valence-electron chi connectivity index (χ1n) is 15.7. The second-order valence-electron chi connectivity index (χ2n) is 11.7. The van der Waals surface area contributed by atoms with Crippen molar-refractivity contribution in [2.45, 2.75) is 63.5 Å². The molecule has 3 unspecified atom stereocenters. The molecule has 2 fully saturated rings. The smallest absolute Gasteiger partial charge is 0.245 e. The second-order valence-corrected chi connectivity index (χ2v) is 12.5. The van der Waals surface area contributed by atoms with Crippen molar-refractivity contribution < 1.29 is 14.3 Å². The van der Waals surface area contributed by atoms with Crippen LogP contribution in [0.5, 0.6) is 5.75 Å². The maximum atomic E-state index is 13.7. The summed E-state index contributed by atoms with van der Waals surface area (Å²) in [5, 5.41) is 7.67. The van der Waals surface area contributed by atoms with E-state index >= 15 is 0 Å². The quantitative estimate of drug-likeness (QED) is 0.225. The van der Waals surface area contributed by atoms with Crippen molar-refractivity contribution in [3.05, 3.63) is 63.6 Å². The molecule has 4 rings (SSSR count). The first kappa shape index (κ1) is 33.5. The number of carbonyl (C=O) groups is 2. The highest BCUT2D eigenvalue weighted by Gasteiger charge is 2.34. The number of hydrogen-bond acceptors (Lipinski definition) is 6. The highest BCUT2D eigenvalue weighted by molar-refractivity contribution is 6.35. The molecule has 43 heavy (non-hydrogen) atoms. The van der Waals surface area contributed by atoms with E-state index in [1.165, 1.54) is 37.7 Å². The van der Waals surface area contributed by atoms with Crippen LogP contribution >= 0.6 is 23.2 Å². The summed E-state index contributed by atoms with van der Waals surface area (Å²) in [6.07, 6.45) is 7.63. The standard InChI is InChI=1S/C33H47Cl2N5O3/c1-43-31-10-6-5-7-24(31)14-16-37-23-26-8-3-2-4-9-30(26)39-17-19-40(20-18-39)33(42)29(38-32(41)13-15-36)21-25-11-12-27(34)22-28(25)35/h5-7,10-12,22,26,29-30,37H,2-4,8-9,13-21,23,36H2,1H3,(H,38,41). The van der Waals surface area contributed by atoms with E-state index in [2.05, 4.69) is 27.7 Å². The van der Waals surface area contributed by atoms with Gasteiger partial charge >= 0.3 is 0 Å². The minimum Gasteiger partial charge on any atom is -0.496 e. The maximum absolute atomic E-state index is 13.7. The highest BCUT2D eigenvalue weighted by Crippen LogP contribution is 2.29. The summed E-state index contributed by atoms with van der Waals surface area (Å²) in [5.74, 6) is 1.22.